The molecule has 0 saturated heterocycles. The van der Waals surface area contributed by atoms with Crippen LogP contribution < -0.4 is 10.6 Å². The minimum Gasteiger partial charge on any atom is -0.326 e. The molecule has 1 aliphatic rings. The largest absolute Gasteiger partial charge is 0.326 e. The fraction of sp³-hybridized carbons (Fsp3) is 0.353. The van der Waals surface area contributed by atoms with Gasteiger partial charge in [0.05, 0.1) is 0 Å². The lowest BCUT2D eigenvalue weighted by Gasteiger charge is -2.30. The van der Waals surface area contributed by atoms with Gasteiger partial charge in [-0.15, -0.1) is 0 Å². The fourth-order valence-electron chi connectivity index (χ4n) is 2.96. The molecule has 1 aromatic heterocycles. The van der Waals surface area contributed by atoms with Crippen LogP contribution >= 0.6 is 0 Å². The Kier molecular flexibility index (Phi) is 3.45. The zero-order valence-electron chi connectivity index (χ0n) is 12.1. The lowest BCUT2D eigenvalue weighted by atomic mass is 10.0. The number of rotatable bonds is 2. The maximum atomic E-state index is 5.97. The van der Waals surface area contributed by atoms with Crippen molar-refractivity contribution in [3.05, 3.63) is 53.2 Å². The molecule has 1 aromatic carbocycles. The van der Waals surface area contributed by atoms with Crippen molar-refractivity contribution < 1.29 is 0 Å². The highest BCUT2D eigenvalue weighted by Gasteiger charge is 2.19. The predicted octanol–water partition coefficient (Wildman–Crippen LogP) is 3.49. The number of hydrogen-bond donors (Lipinski definition) is 1. The summed E-state index contributed by atoms with van der Waals surface area (Å²) in [6.07, 6.45) is 2.33. The molecule has 0 bridgehead atoms. The van der Waals surface area contributed by atoms with Crippen molar-refractivity contribution in [2.24, 2.45) is 5.73 Å². The fourth-order valence-corrected chi connectivity index (χ4v) is 2.96. The summed E-state index contributed by atoms with van der Waals surface area (Å²) in [7, 11) is 0. The summed E-state index contributed by atoms with van der Waals surface area (Å²) in [6, 6.07) is 12.8. The number of nitrogens with two attached hydrogens (primary N) is 1. The molecule has 0 amide bonds. The van der Waals surface area contributed by atoms with Gasteiger partial charge in [-0.2, -0.15) is 0 Å². The minimum atomic E-state index is 0.0326. The standard InChI is InChI=1S/C17H21N3/c1-12(18)15-9-10-17(19-13(15)2)20-11-5-7-14-6-3-4-8-16(14)20/h3-4,6,8-10,12H,5,7,11,18H2,1-2H3/t12-/m1/s1. The molecular formula is C17H21N3. The molecule has 0 saturated carbocycles. The molecule has 3 rings (SSSR count). The summed E-state index contributed by atoms with van der Waals surface area (Å²) < 4.78 is 0. The van der Waals surface area contributed by atoms with E-state index in [4.69, 9.17) is 10.7 Å². The number of para-hydroxylation sites is 1. The molecule has 2 aromatic rings. The summed E-state index contributed by atoms with van der Waals surface area (Å²) in [4.78, 5) is 7.08. The summed E-state index contributed by atoms with van der Waals surface area (Å²) >= 11 is 0. The summed E-state index contributed by atoms with van der Waals surface area (Å²) in [6.45, 7) is 5.07. The molecular weight excluding hydrogens is 246 g/mol. The molecule has 104 valence electrons. The summed E-state index contributed by atoms with van der Waals surface area (Å²) in [5.74, 6) is 1.03. The molecule has 3 nitrogen and oxygen atoms in total. The van der Waals surface area contributed by atoms with E-state index in [2.05, 4.69) is 41.3 Å². The van der Waals surface area contributed by atoms with Crippen molar-refractivity contribution in [2.45, 2.75) is 32.7 Å². The van der Waals surface area contributed by atoms with E-state index in [1.807, 2.05) is 13.8 Å². The van der Waals surface area contributed by atoms with Crippen LogP contribution in [0.5, 0.6) is 0 Å². The second-order valence-electron chi connectivity index (χ2n) is 5.52. The van der Waals surface area contributed by atoms with E-state index >= 15 is 0 Å². The first-order valence-corrected chi connectivity index (χ1v) is 7.25. The van der Waals surface area contributed by atoms with Crippen LogP contribution in [0.4, 0.5) is 11.5 Å². The number of benzene rings is 1. The normalized spacial score (nSPS) is 15.8. The maximum Gasteiger partial charge on any atom is 0.133 e. The highest BCUT2D eigenvalue weighted by atomic mass is 15.2. The predicted molar refractivity (Wildman–Crippen MR) is 83.3 cm³/mol. The Hall–Kier alpha value is -1.87. The number of fused-ring (bicyclic) bond motifs is 1. The van der Waals surface area contributed by atoms with Gasteiger partial charge in [-0.05, 0) is 49.9 Å². The molecule has 0 fully saturated rings. The van der Waals surface area contributed by atoms with Gasteiger partial charge in [0.2, 0.25) is 0 Å². The number of aryl methyl sites for hydroxylation is 2. The zero-order chi connectivity index (χ0) is 14.1. The molecule has 0 unspecified atom stereocenters. The van der Waals surface area contributed by atoms with Gasteiger partial charge in [-0.1, -0.05) is 24.3 Å². The van der Waals surface area contributed by atoms with E-state index in [9.17, 15) is 0 Å². The molecule has 3 heteroatoms. The Morgan fingerprint density at radius 2 is 2.00 bits per heavy atom. The van der Waals surface area contributed by atoms with Crippen LogP contribution in [-0.2, 0) is 6.42 Å². The van der Waals surface area contributed by atoms with Crippen molar-refractivity contribution in [3.63, 3.8) is 0 Å². The molecule has 1 aliphatic heterocycles. The van der Waals surface area contributed by atoms with Crippen LogP contribution in [-0.4, -0.2) is 11.5 Å². The lowest BCUT2D eigenvalue weighted by Crippen LogP contribution is -2.25. The van der Waals surface area contributed by atoms with Gasteiger partial charge in [0.25, 0.3) is 0 Å². The van der Waals surface area contributed by atoms with Crippen molar-refractivity contribution in [2.75, 3.05) is 11.4 Å². The van der Waals surface area contributed by atoms with Gasteiger partial charge in [-0.3, -0.25) is 0 Å². The third kappa shape index (κ3) is 2.29. The monoisotopic (exact) mass is 267 g/mol. The average Bonchev–Trinajstić information content (AvgIpc) is 2.46. The van der Waals surface area contributed by atoms with Crippen molar-refractivity contribution in [3.8, 4) is 0 Å². The van der Waals surface area contributed by atoms with Crippen molar-refractivity contribution in [1.29, 1.82) is 0 Å². The quantitative estimate of drug-likeness (QED) is 0.905. The first kappa shape index (κ1) is 13.1. The Morgan fingerprint density at radius 3 is 2.75 bits per heavy atom. The van der Waals surface area contributed by atoms with Gasteiger partial charge < -0.3 is 10.6 Å². The molecule has 2 N–H and O–H groups in total. The van der Waals surface area contributed by atoms with Crippen LogP contribution in [0.25, 0.3) is 0 Å². The van der Waals surface area contributed by atoms with Gasteiger partial charge in [-0.25, -0.2) is 4.98 Å². The van der Waals surface area contributed by atoms with Crippen LogP contribution in [0.1, 0.15) is 36.2 Å². The van der Waals surface area contributed by atoms with Gasteiger partial charge in [0.15, 0.2) is 0 Å². The first-order valence-electron chi connectivity index (χ1n) is 7.25. The van der Waals surface area contributed by atoms with E-state index in [1.54, 1.807) is 0 Å². The van der Waals surface area contributed by atoms with Crippen molar-refractivity contribution in [1.82, 2.24) is 4.98 Å². The van der Waals surface area contributed by atoms with E-state index in [-0.39, 0.29) is 6.04 Å². The Morgan fingerprint density at radius 1 is 1.20 bits per heavy atom. The molecule has 0 spiro atoms. The summed E-state index contributed by atoms with van der Waals surface area (Å²) in [5.41, 5.74) is 10.8. The highest BCUT2D eigenvalue weighted by molar-refractivity contribution is 5.65. The number of hydrogen-bond acceptors (Lipinski definition) is 3. The topological polar surface area (TPSA) is 42.2 Å². The van der Waals surface area contributed by atoms with E-state index < -0.39 is 0 Å². The third-order valence-electron chi connectivity index (χ3n) is 3.99. The van der Waals surface area contributed by atoms with E-state index in [0.29, 0.717) is 0 Å². The Balaban J connectivity index is 2.00. The highest BCUT2D eigenvalue weighted by Crippen LogP contribution is 2.32. The third-order valence-corrected chi connectivity index (χ3v) is 3.99. The number of pyridine rings is 1. The van der Waals surface area contributed by atoms with Gasteiger partial charge >= 0.3 is 0 Å². The maximum absolute atomic E-state index is 5.97. The minimum absolute atomic E-state index is 0.0326. The van der Waals surface area contributed by atoms with Gasteiger partial charge in [0, 0.05) is 24.0 Å². The van der Waals surface area contributed by atoms with Gasteiger partial charge in [0.1, 0.15) is 5.82 Å². The molecule has 2 heterocycles. The van der Waals surface area contributed by atoms with Crippen LogP contribution in [0, 0.1) is 6.92 Å². The number of anilines is 2. The Labute approximate surface area is 120 Å². The Bertz CT molecular complexity index is 619. The molecule has 0 aliphatic carbocycles. The summed E-state index contributed by atoms with van der Waals surface area (Å²) in [5, 5.41) is 0. The molecule has 1 atom stereocenters. The number of aromatic nitrogens is 1. The average molecular weight is 267 g/mol. The van der Waals surface area contributed by atoms with Crippen LogP contribution in [0.2, 0.25) is 0 Å². The van der Waals surface area contributed by atoms with E-state index in [0.717, 1.165) is 30.0 Å². The second-order valence-corrected chi connectivity index (χ2v) is 5.52. The molecule has 20 heavy (non-hydrogen) atoms. The van der Waals surface area contributed by atoms with E-state index in [1.165, 1.54) is 17.7 Å². The SMILES string of the molecule is Cc1nc(N2CCCc3ccccc32)ccc1[C@@H](C)N. The first-order chi connectivity index (χ1) is 9.66. The zero-order valence-corrected chi connectivity index (χ0v) is 12.1. The second kappa shape index (κ2) is 5.25. The van der Waals surface area contributed by atoms with Crippen LogP contribution in [0.15, 0.2) is 36.4 Å². The molecule has 0 radical (unpaired) electrons. The lowest BCUT2D eigenvalue weighted by molar-refractivity contribution is 0.753. The van der Waals surface area contributed by atoms with Crippen LogP contribution in [0.3, 0.4) is 0 Å². The smallest absolute Gasteiger partial charge is 0.133 e. The van der Waals surface area contributed by atoms with Crippen molar-refractivity contribution >= 4 is 11.5 Å². The number of nitrogens with zero attached hydrogens (tertiary/aromatic N) is 2.